The number of hydrogen-bond donors (Lipinski definition) is 1. The molecule has 0 aliphatic heterocycles. The number of methoxy groups -OCH3 is 1. The van der Waals surface area contributed by atoms with E-state index in [-0.39, 0.29) is 0 Å². The Bertz CT molecular complexity index is 946. The Labute approximate surface area is 169 Å². The van der Waals surface area contributed by atoms with Crippen molar-refractivity contribution in [2.75, 3.05) is 19.0 Å². The number of benzene rings is 2. The normalized spacial score (nSPS) is 11.4. The predicted octanol–water partition coefficient (Wildman–Crippen LogP) is 3.55. The van der Waals surface area contributed by atoms with Gasteiger partial charge in [-0.2, -0.15) is 5.26 Å². The number of nitrogens with one attached hydrogen (secondary N) is 1. The van der Waals surface area contributed by atoms with Crippen molar-refractivity contribution in [3.8, 4) is 17.6 Å². The molecule has 0 aromatic heterocycles. The van der Waals surface area contributed by atoms with Gasteiger partial charge in [-0.3, -0.25) is 4.79 Å². The van der Waals surface area contributed by atoms with E-state index in [2.05, 4.69) is 5.32 Å². The Balaban J connectivity index is 1.96. The van der Waals surface area contributed by atoms with Gasteiger partial charge in [0.2, 0.25) is 0 Å². The van der Waals surface area contributed by atoms with Gasteiger partial charge < -0.3 is 19.5 Å². The molecule has 7 heteroatoms. The largest absolute Gasteiger partial charge is 0.493 e. The van der Waals surface area contributed by atoms with E-state index in [9.17, 15) is 9.59 Å². The van der Waals surface area contributed by atoms with E-state index in [1.165, 1.54) is 19.1 Å². The number of nitrogens with zero attached hydrogens (tertiary/aromatic N) is 1. The van der Waals surface area contributed by atoms with E-state index in [1.807, 2.05) is 13.0 Å². The van der Waals surface area contributed by atoms with Gasteiger partial charge in [0.1, 0.15) is 0 Å². The van der Waals surface area contributed by atoms with Gasteiger partial charge in [-0.05, 0) is 55.8 Å². The molecular formula is C22H22N2O5. The number of esters is 1. The lowest BCUT2D eigenvalue weighted by molar-refractivity contribution is -0.148. The number of carbonyl (C=O) groups excluding carboxylic acids is 2. The Hall–Kier alpha value is -3.79. The van der Waals surface area contributed by atoms with Gasteiger partial charge >= 0.3 is 5.97 Å². The summed E-state index contributed by atoms with van der Waals surface area (Å²) < 4.78 is 15.8. The van der Waals surface area contributed by atoms with E-state index >= 15 is 0 Å². The zero-order chi connectivity index (χ0) is 21.2. The number of ether oxygens (including phenoxy) is 3. The fourth-order valence-electron chi connectivity index (χ4n) is 2.41. The maximum atomic E-state index is 12.2. The monoisotopic (exact) mass is 394 g/mol. The standard InChI is InChI=1S/C22H22N2O5/c1-4-28-20-13-16(8-10-19(20)27-3)9-11-21(25)29-15(2)22(26)24-18-7-5-6-17(12-18)14-23/h5-13,15H,4H2,1-3H3,(H,24,26)/b11-9+/t15-/m1/s1. The van der Waals surface area contributed by atoms with Gasteiger partial charge in [-0.15, -0.1) is 0 Å². The number of hydrogen-bond acceptors (Lipinski definition) is 6. The summed E-state index contributed by atoms with van der Waals surface area (Å²) in [5.41, 5.74) is 1.59. The van der Waals surface area contributed by atoms with Crippen LogP contribution in [0.15, 0.2) is 48.5 Å². The molecule has 0 saturated heterocycles. The van der Waals surface area contributed by atoms with Crippen LogP contribution in [-0.2, 0) is 14.3 Å². The summed E-state index contributed by atoms with van der Waals surface area (Å²) in [7, 11) is 1.55. The van der Waals surface area contributed by atoms with Crippen LogP contribution in [0, 0.1) is 11.3 Å². The minimum absolute atomic E-state index is 0.418. The quantitative estimate of drug-likeness (QED) is 0.543. The third kappa shape index (κ3) is 6.40. The summed E-state index contributed by atoms with van der Waals surface area (Å²) in [6.45, 7) is 3.81. The summed E-state index contributed by atoms with van der Waals surface area (Å²) >= 11 is 0. The van der Waals surface area contributed by atoms with Crippen LogP contribution in [0.2, 0.25) is 0 Å². The van der Waals surface area contributed by atoms with Crippen LogP contribution in [-0.4, -0.2) is 31.7 Å². The van der Waals surface area contributed by atoms with Gasteiger partial charge in [-0.1, -0.05) is 12.1 Å². The SMILES string of the molecule is CCOc1cc(/C=C/C(=O)O[C@H](C)C(=O)Nc2cccc(C#N)c2)ccc1OC. The summed E-state index contributed by atoms with van der Waals surface area (Å²) in [5, 5.41) is 11.5. The number of anilines is 1. The molecule has 1 amide bonds. The Morgan fingerprint density at radius 1 is 1.21 bits per heavy atom. The van der Waals surface area contributed by atoms with Crippen LogP contribution in [0.1, 0.15) is 25.0 Å². The topological polar surface area (TPSA) is 97.6 Å². The minimum Gasteiger partial charge on any atom is -0.493 e. The molecule has 29 heavy (non-hydrogen) atoms. The molecule has 0 unspecified atom stereocenters. The highest BCUT2D eigenvalue weighted by atomic mass is 16.5. The molecule has 0 aliphatic rings. The fourth-order valence-corrected chi connectivity index (χ4v) is 2.41. The van der Waals surface area contributed by atoms with Crippen LogP contribution >= 0.6 is 0 Å². The highest BCUT2D eigenvalue weighted by Crippen LogP contribution is 2.28. The van der Waals surface area contributed by atoms with Crippen molar-refractivity contribution in [3.05, 3.63) is 59.7 Å². The van der Waals surface area contributed by atoms with E-state index < -0.39 is 18.0 Å². The summed E-state index contributed by atoms with van der Waals surface area (Å²) in [4.78, 5) is 24.2. The van der Waals surface area contributed by atoms with Crippen LogP contribution in [0.5, 0.6) is 11.5 Å². The lowest BCUT2D eigenvalue weighted by Crippen LogP contribution is -2.29. The summed E-state index contributed by atoms with van der Waals surface area (Å²) in [6, 6.07) is 13.7. The Morgan fingerprint density at radius 3 is 2.69 bits per heavy atom. The molecule has 2 rings (SSSR count). The van der Waals surface area contributed by atoms with E-state index in [0.717, 1.165) is 5.56 Å². The van der Waals surface area contributed by atoms with Gasteiger partial charge in [0, 0.05) is 11.8 Å². The third-order valence-electron chi connectivity index (χ3n) is 3.82. The van der Waals surface area contributed by atoms with Crippen LogP contribution < -0.4 is 14.8 Å². The van der Waals surface area contributed by atoms with Gasteiger partial charge in [0.25, 0.3) is 5.91 Å². The van der Waals surface area contributed by atoms with Crippen molar-refractivity contribution >= 4 is 23.6 Å². The van der Waals surface area contributed by atoms with Crippen LogP contribution in [0.25, 0.3) is 6.08 Å². The maximum Gasteiger partial charge on any atom is 0.331 e. The first-order valence-corrected chi connectivity index (χ1v) is 8.97. The maximum absolute atomic E-state index is 12.2. The molecule has 0 radical (unpaired) electrons. The van der Waals surface area contributed by atoms with Gasteiger partial charge in [0.05, 0.1) is 25.3 Å². The first kappa shape index (κ1) is 21.5. The van der Waals surface area contributed by atoms with Crippen LogP contribution in [0.4, 0.5) is 5.69 Å². The average molecular weight is 394 g/mol. The zero-order valence-electron chi connectivity index (χ0n) is 16.5. The summed E-state index contributed by atoms with van der Waals surface area (Å²) in [5.74, 6) is 0.00678. The molecule has 2 aromatic rings. The van der Waals surface area contributed by atoms with Crippen molar-refractivity contribution in [3.63, 3.8) is 0 Å². The highest BCUT2D eigenvalue weighted by Gasteiger charge is 2.17. The molecule has 1 atom stereocenters. The molecule has 0 aliphatic carbocycles. The van der Waals surface area contributed by atoms with Crippen molar-refractivity contribution < 1.29 is 23.8 Å². The second-order valence-corrected chi connectivity index (χ2v) is 5.94. The molecular weight excluding hydrogens is 372 g/mol. The fraction of sp³-hybridized carbons (Fsp3) is 0.227. The second kappa shape index (κ2) is 10.5. The second-order valence-electron chi connectivity index (χ2n) is 5.94. The molecule has 0 saturated carbocycles. The summed E-state index contributed by atoms with van der Waals surface area (Å²) in [6.07, 6.45) is 1.79. The first-order chi connectivity index (χ1) is 14.0. The molecule has 0 bridgehead atoms. The third-order valence-corrected chi connectivity index (χ3v) is 3.82. The Morgan fingerprint density at radius 2 is 2.00 bits per heavy atom. The number of nitriles is 1. The van der Waals surface area contributed by atoms with E-state index in [0.29, 0.717) is 29.4 Å². The number of carbonyl (C=O) groups is 2. The molecule has 1 N–H and O–H groups in total. The molecule has 0 heterocycles. The number of rotatable bonds is 8. The molecule has 0 spiro atoms. The van der Waals surface area contributed by atoms with Crippen LogP contribution in [0.3, 0.4) is 0 Å². The molecule has 0 fully saturated rings. The van der Waals surface area contributed by atoms with E-state index in [4.69, 9.17) is 19.5 Å². The average Bonchev–Trinajstić information content (AvgIpc) is 2.72. The molecule has 2 aromatic carbocycles. The van der Waals surface area contributed by atoms with E-state index in [1.54, 1.807) is 49.6 Å². The molecule has 150 valence electrons. The molecule has 7 nitrogen and oxygen atoms in total. The van der Waals surface area contributed by atoms with Gasteiger partial charge in [0.15, 0.2) is 17.6 Å². The first-order valence-electron chi connectivity index (χ1n) is 8.97. The van der Waals surface area contributed by atoms with Crippen molar-refractivity contribution in [2.24, 2.45) is 0 Å². The Kier molecular flexibility index (Phi) is 7.80. The number of amides is 1. The minimum atomic E-state index is -1.01. The van der Waals surface area contributed by atoms with Gasteiger partial charge in [-0.25, -0.2) is 4.79 Å². The smallest absolute Gasteiger partial charge is 0.331 e. The lowest BCUT2D eigenvalue weighted by atomic mass is 10.2. The van der Waals surface area contributed by atoms with Crippen molar-refractivity contribution in [2.45, 2.75) is 20.0 Å². The lowest BCUT2D eigenvalue weighted by Gasteiger charge is -2.12. The van der Waals surface area contributed by atoms with Crippen molar-refractivity contribution in [1.82, 2.24) is 0 Å². The zero-order valence-corrected chi connectivity index (χ0v) is 16.5. The van der Waals surface area contributed by atoms with Crippen molar-refractivity contribution in [1.29, 1.82) is 5.26 Å². The predicted molar refractivity (Wildman–Crippen MR) is 109 cm³/mol. The highest BCUT2D eigenvalue weighted by molar-refractivity contribution is 5.96.